The van der Waals surface area contributed by atoms with E-state index in [1.54, 1.807) is 18.2 Å². The van der Waals surface area contributed by atoms with Crippen molar-refractivity contribution in [3.63, 3.8) is 0 Å². The Hall–Kier alpha value is -3.00. The normalized spacial score (nSPS) is 13.8. The lowest BCUT2D eigenvalue weighted by Gasteiger charge is -2.35. The molecule has 1 N–H and O–H groups in total. The second-order valence-corrected chi connectivity index (χ2v) is 6.78. The van der Waals surface area contributed by atoms with Gasteiger partial charge in [-0.25, -0.2) is 4.39 Å². The zero-order valence-corrected chi connectivity index (χ0v) is 16.8. The van der Waals surface area contributed by atoms with Gasteiger partial charge in [-0.05, 0) is 12.1 Å². The largest absolute Gasteiger partial charge is 0.495 e. The Morgan fingerprint density at radius 1 is 1.03 bits per heavy atom. The fourth-order valence-corrected chi connectivity index (χ4v) is 3.37. The molecule has 2 aromatic carbocycles. The molecule has 1 saturated heterocycles. The van der Waals surface area contributed by atoms with Crippen LogP contribution in [0.1, 0.15) is 0 Å². The number of anilines is 2. The first-order valence-corrected chi connectivity index (χ1v) is 9.33. The summed E-state index contributed by atoms with van der Waals surface area (Å²) >= 11 is 6.05. The summed E-state index contributed by atoms with van der Waals surface area (Å²) in [6.07, 6.45) is 0. The molecule has 0 aromatic heterocycles. The van der Waals surface area contributed by atoms with Crippen molar-refractivity contribution in [1.82, 2.24) is 4.90 Å². The van der Waals surface area contributed by atoms with Gasteiger partial charge in [0.2, 0.25) is 0 Å². The van der Waals surface area contributed by atoms with E-state index in [0.29, 0.717) is 48.4 Å². The average Bonchev–Trinajstić information content (AvgIpc) is 2.74. The number of piperazine rings is 1. The number of hydrogen-bond acceptors (Lipinski definition) is 5. The molecule has 0 bridgehead atoms. The SMILES string of the molecule is COc1cc(NC(=O)C(=O)N2CCN(c3ccccc3F)CC2)c(OC)cc1Cl. The molecule has 1 fully saturated rings. The standard InChI is InChI=1S/C20H21ClFN3O4/c1-28-17-12-15(18(29-2)11-13(17)21)23-19(26)20(27)25-9-7-24(8-10-25)16-6-4-3-5-14(16)22/h3-6,11-12H,7-10H2,1-2H3,(H,23,26). The molecule has 0 atom stereocenters. The fourth-order valence-electron chi connectivity index (χ4n) is 3.14. The van der Waals surface area contributed by atoms with Gasteiger partial charge < -0.3 is 24.6 Å². The lowest BCUT2D eigenvalue weighted by atomic mass is 10.2. The molecule has 154 valence electrons. The van der Waals surface area contributed by atoms with E-state index < -0.39 is 11.8 Å². The molecule has 29 heavy (non-hydrogen) atoms. The molecule has 1 aliphatic heterocycles. The summed E-state index contributed by atoms with van der Waals surface area (Å²) in [4.78, 5) is 28.3. The van der Waals surface area contributed by atoms with E-state index in [2.05, 4.69) is 5.32 Å². The number of benzene rings is 2. The molecule has 9 heteroatoms. The molecule has 3 rings (SSSR count). The zero-order valence-electron chi connectivity index (χ0n) is 16.1. The van der Waals surface area contributed by atoms with E-state index in [1.165, 1.54) is 37.3 Å². The molecule has 0 saturated carbocycles. The zero-order chi connectivity index (χ0) is 21.0. The minimum absolute atomic E-state index is 0.275. The van der Waals surface area contributed by atoms with Crippen LogP contribution in [-0.4, -0.2) is 57.1 Å². The molecule has 2 amide bonds. The fraction of sp³-hybridized carbons (Fsp3) is 0.300. The number of nitrogens with one attached hydrogen (secondary N) is 1. The summed E-state index contributed by atoms with van der Waals surface area (Å²) in [5.74, 6) is -1.13. The molecular weight excluding hydrogens is 401 g/mol. The summed E-state index contributed by atoms with van der Waals surface area (Å²) in [6.45, 7) is 1.47. The maximum Gasteiger partial charge on any atom is 0.314 e. The third-order valence-corrected chi connectivity index (χ3v) is 4.97. The average molecular weight is 422 g/mol. The number of para-hydroxylation sites is 1. The highest BCUT2D eigenvalue weighted by Crippen LogP contribution is 2.35. The third-order valence-electron chi connectivity index (χ3n) is 4.68. The Labute approximate surface area is 172 Å². The molecular formula is C20H21ClFN3O4. The highest BCUT2D eigenvalue weighted by Gasteiger charge is 2.27. The van der Waals surface area contributed by atoms with Gasteiger partial charge in [0.05, 0.1) is 30.6 Å². The number of hydrogen-bond donors (Lipinski definition) is 1. The highest BCUT2D eigenvalue weighted by molar-refractivity contribution is 6.40. The Morgan fingerprint density at radius 3 is 2.31 bits per heavy atom. The van der Waals surface area contributed by atoms with E-state index in [-0.39, 0.29) is 11.5 Å². The number of halogens is 2. The molecule has 2 aromatic rings. The first-order chi connectivity index (χ1) is 13.9. The predicted octanol–water partition coefficient (Wildman–Crippen LogP) is 2.78. The van der Waals surface area contributed by atoms with Crippen molar-refractivity contribution in [3.05, 3.63) is 47.2 Å². The number of carbonyl (C=O) groups is 2. The van der Waals surface area contributed by atoms with E-state index in [1.807, 2.05) is 4.90 Å². The maximum atomic E-state index is 13.9. The van der Waals surface area contributed by atoms with Crippen molar-refractivity contribution in [3.8, 4) is 11.5 Å². The maximum absolute atomic E-state index is 13.9. The topological polar surface area (TPSA) is 71.1 Å². The van der Waals surface area contributed by atoms with Gasteiger partial charge >= 0.3 is 11.8 Å². The van der Waals surface area contributed by atoms with E-state index in [4.69, 9.17) is 21.1 Å². The minimum atomic E-state index is -0.799. The van der Waals surface area contributed by atoms with Crippen LogP contribution in [0.2, 0.25) is 5.02 Å². The van der Waals surface area contributed by atoms with Crippen molar-refractivity contribution in [2.24, 2.45) is 0 Å². The Balaban J connectivity index is 1.65. The highest BCUT2D eigenvalue weighted by atomic mass is 35.5. The van der Waals surface area contributed by atoms with Gasteiger partial charge in [-0.1, -0.05) is 23.7 Å². The molecule has 0 spiro atoms. The van der Waals surface area contributed by atoms with Gasteiger partial charge in [0.15, 0.2) is 0 Å². The van der Waals surface area contributed by atoms with Crippen molar-refractivity contribution in [1.29, 1.82) is 0 Å². The third kappa shape index (κ3) is 4.54. The lowest BCUT2D eigenvalue weighted by Crippen LogP contribution is -2.51. The smallest absolute Gasteiger partial charge is 0.314 e. The van der Waals surface area contributed by atoms with Gasteiger partial charge in [-0.2, -0.15) is 0 Å². The Kier molecular flexibility index (Phi) is 6.43. The molecule has 7 nitrogen and oxygen atoms in total. The number of rotatable bonds is 4. The summed E-state index contributed by atoms with van der Waals surface area (Å²) in [5, 5.41) is 2.86. The van der Waals surface area contributed by atoms with Crippen molar-refractivity contribution >= 4 is 34.8 Å². The van der Waals surface area contributed by atoms with Crippen LogP contribution in [0.15, 0.2) is 36.4 Å². The van der Waals surface area contributed by atoms with Gasteiger partial charge in [-0.15, -0.1) is 0 Å². The van der Waals surface area contributed by atoms with Gasteiger partial charge in [0, 0.05) is 38.3 Å². The van der Waals surface area contributed by atoms with Crippen molar-refractivity contribution in [2.75, 3.05) is 50.6 Å². The van der Waals surface area contributed by atoms with Gasteiger partial charge in [0.1, 0.15) is 17.3 Å². The number of carbonyl (C=O) groups excluding carboxylic acids is 2. The van der Waals surface area contributed by atoms with Crippen molar-refractivity contribution in [2.45, 2.75) is 0 Å². The van der Waals surface area contributed by atoms with Crippen LogP contribution in [0, 0.1) is 5.82 Å². The van der Waals surface area contributed by atoms with Crippen molar-refractivity contribution < 1.29 is 23.5 Å². The molecule has 0 unspecified atom stereocenters. The molecule has 0 aliphatic carbocycles. The first-order valence-electron chi connectivity index (χ1n) is 8.96. The number of methoxy groups -OCH3 is 2. The van der Waals surface area contributed by atoms with Crippen LogP contribution in [0.4, 0.5) is 15.8 Å². The van der Waals surface area contributed by atoms with Crippen LogP contribution in [0.25, 0.3) is 0 Å². The molecule has 1 heterocycles. The predicted molar refractivity (Wildman–Crippen MR) is 108 cm³/mol. The second-order valence-electron chi connectivity index (χ2n) is 6.37. The molecule has 0 radical (unpaired) electrons. The van der Waals surface area contributed by atoms with Gasteiger partial charge in [0.25, 0.3) is 0 Å². The number of ether oxygens (including phenoxy) is 2. The van der Waals surface area contributed by atoms with Crippen LogP contribution in [0.5, 0.6) is 11.5 Å². The van der Waals surface area contributed by atoms with E-state index >= 15 is 0 Å². The monoisotopic (exact) mass is 421 g/mol. The van der Waals surface area contributed by atoms with Crippen LogP contribution < -0.4 is 19.7 Å². The Bertz CT molecular complexity index is 917. The lowest BCUT2D eigenvalue weighted by molar-refractivity contribution is -0.143. The molecule has 1 aliphatic rings. The van der Waals surface area contributed by atoms with Crippen LogP contribution >= 0.6 is 11.6 Å². The van der Waals surface area contributed by atoms with Crippen LogP contribution in [-0.2, 0) is 9.59 Å². The summed E-state index contributed by atoms with van der Waals surface area (Å²) in [6, 6.07) is 9.46. The summed E-state index contributed by atoms with van der Waals surface area (Å²) < 4.78 is 24.3. The number of amides is 2. The van der Waals surface area contributed by atoms with E-state index in [9.17, 15) is 14.0 Å². The van der Waals surface area contributed by atoms with Gasteiger partial charge in [-0.3, -0.25) is 9.59 Å². The Morgan fingerprint density at radius 2 is 1.69 bits per heavy atom. The van der Waals surface area contributed by atoms with E-state index in [0.717, 1.165) is 0 Å². The number of nitrogens with zero attached hydrogens (tertiary/aromatic N) is 2. The quantitative estimate of drug-likeness (QED) is 0.769. The van der Waals surface area contributed by atoms with Crippen LogP contribution in [0.3, 0.4) is 0 Å². The minimum Gasteiger partial charge on any atom is -0.495 e. The summed E-state index contributed by atoms with van der Waals surface area (Å²) in [7, 11) is 2.87. The second kappa shape index (κ2) is 9.00. The first kappa shape index (κ1) is 20.7. The summed E-state index contributed by atoms with van der Waals surface area (Å²) in [5.41, 5.74) is 0.763.